The fraction of sp³-hybridized carbons (Fsp3) is 0.964. The lowest BCUT2D eigenvalue weighted by atomic mass is 9.88. The number of rotatable bonds is 16. The van der Waals surface area contributed by atoms with Crippen LogP contribution >= 0.6 is 0 Å². The van der Waals surface area contributed by atoms with Crippen molar-refractivity contribution in [3.8, 4) is 0 Å². The van der Waals surface area contributed by atoms with Crippen LogP contribution in [0.3, 0.4) is 0 Å². The van der Waals surface area contributed by atoms with Gasteiger partial charge in [0.2, 0.25) is 5.91 Å². The van der Waals surface area contributed by atoms with Gasteiger partial charge in [-0.1, -0.05) is 13.8 Å². The summed E-state index contributed by atoms with van der Waals surface area (Å²) in [4.78, 5) is 12.1. The third kappa shape index (κ3) is 9.95. The predicted molar refractivity (Wildman–Crippen MR) is 154 cm³/mol. The number of amides is 1. The summed E-state index contributed by atoms with van der Waals surface area (Å²) >= 11 is 0. The van der Waals surface area contributed by atoms with Gasteiger partial charge >= 0.3 is 0 Å². The average Bonchev–Trinajstić information content (AvgIpc) is 2.93. The van der Waals surface area contributed by atoms with Crippen molar-refractivity contribution in [3.63, 3.8) is 0 Å². The van der Waals surface area contributed by atoms with Gasteiger partial charge in [-0.15, -0.1) is 0 Å². The van der Waals surface area contributed by atoms with Crippen molar-refractivity contribution in [3.05, 3.63) is 0 Å². The molecule has 2 rings (SSSR count). The lowest BCUT2D eigenvalue weighted by Crippen LogP contribution is -2.69. The molecule has 15 atom stereocenters. The molecule has 16 nitrogen and oxygen atoms in total. The Balaban J connectivity index is 2.31. The van der Waals surface area contributed by atoms with Gasteiger partial charge in [-0.2, -0.15) is 0 Å². The zero-order valence-electron chi connectivity index (χ0n) is 26.6. The number of aliphatic hydroxyl groups is 6. The molecule has 0 spiro atoms. The molecular weight excluding hydrogens is 586 g/mol. The molecule has 11 N–H and O–H groups in total. The third-order valence-electron chi connectivity index (χ3n) is 7.80. The molecule has 2 fully saturated rings. The van der Waals surface area contributed by atoms with Crippen molar-refractivity contribution in [2.45, 2.75) is 140 Å². The Labute approximate surface area is 258 Å². The van der Waals surface area contributed by atoms with Crippen molar-refractivity contribution < 1.29 is 63.9 Å². The standard InChI is InChI=1S/C28H55N3O13/c1-11(2)16(8-32)23(14(6)35)42-28-20(31-15(7)36)22(38)25(18(10-34)41-28)44-27-19(30)21(37)24(17(9-33)40-27)43-26(13(5)29)39-12(3)4/h11-14,16-28,32-35,37-38H,8-10,29-30H2,1-7H3,(H,31,36). The Kier molecular flexibility index (Phi) is 15.7. The molecule has 44 heavy (non-hydrogen) atoms. The SMILES string of the molecule is CC(=O)NC1C(OC(C(C)O)C(CO)C(C)C)OC(CO)C(OC2OC(CO)C(OC(OC(C)C)C(C)N)C(O)C2N)C1O. The van der Waals surface area contributed by atoms with Crippen LogP contribution in [-0.4, -0.2) is 148 Å². The van der Waals surface area contributed by atoms with Crippen LogP contribution in [-0.2, 0) is 33.2 Å². The van der Waals surface area contributed by atoms with E-state index in [1.807, 2.05) is 13.8 Å². The molecule has 0 bridgehead atoms. The normalized spacial score (nSPS) is 36.6. The van der Waals surface area contributed by atoms with Crippen LogP contribution in [0.25, 0.3) is 0 Å². The Bertz CT molecular complexity index is 852. The van der Waals surface area contributed by atoms with Gasteiger partial charge in [-0.3, -0.25) is 4.79 Å². The number of nitrogens with two attached hydrogens (primary N) is 2. The second kappa shape index (κ2) is 17.7. The Morgan fingerprint density at radius 3 is 1.93 bits per heavy atom. The van der Waals surface area contributed by atoms with Gasteiger partial charge in [0, 0.05) is 19.4 Å². The third-order valence-corrected chi connectivity index (χ3v) is 7.80. The quantitative estimate of drug-likeness (QED) is 0.0755. The summed E-state index contributed by atoms with van der Waals surface area (Å²) in [5.74, 6) is -1.18. The highest BCUT2D eigenvalue weighted by atomic mass is 16.7. The molecule has 15 unspecified atom stereocenters. The first-order chi connectivity index (χ1) is 20.6. The average molecular weight is 642 g/mol. The van der Waals surface area contributed by atoms with Crippen LogP contribution in [0.4, 0.5) is 0 Å². The lowest BCUT2D eigenvalue weighted by Gasteiger charge is -2.49. The summed E-state index contributed by atoms with van der Waals surface area (Å²) in [5.41, 5.74) is 12.3. The molecule has 1 amide bonds. The van der Waals surface area contributed by atoms with E-state index in [0.29, 0.717) is 0 Å². The summed E-state index contributed by atoms with van der Waals surface area (Å²) < 4.78 is 35.4. The number of ether oxygens (including phenoxy) is 6. The van der Waals surface area contributed by atoms with E-state index in [-0.39, 0.29) is 18.6 Å². The summed E-state index contributed by atoms with van der Waals surface area (Å²) in [7, 11) is 0. The minimum absolute atomic E-state index is 0.110. The van der Waals surface area contributed by atoms with Crippen molar-refractivity contribution >= 4 is 5.91 Å². The number of carbonyl (C=O) groups is 1. The van der Waals surface area contributed by atoms with Gasteiger partial charge in [0.25, 0.3) is 0 Å². The zero-order valence-corrected chi connectivity index (χ0v) is 26.6. The van der Waals surface area contributed by atoms with E-state index in [1.165, 1.54) is 13.8 Å². The Morgan fingerprint density at radius 2 is 1.48 bits per heavy atom. The lowest BCUT2D eigenvalue weighted by molar-refractivity contribution is -0.348. The van der Waals surface area contributed by atoms with Crippen molar-refractivity contribution in [2.75, 3.05) is 19.8 Å². The Hall–Kier alpha value is -1.09. The smallest absolute Gasteiger partial charge is 0.217 e. The molecule has 2 aliphatic heterocycles. The van der Waals surface area contributed by atoms with Crippen molar-refractivity contribution in [2.24, 2.45) is 23.3 Å². The van der Waals surface area contributed by atoms with E-state index in [9.17, 15) is 35.4 Å². The van der Waals surface area contributed by atoms with E-state index < -0.39 is 111 Å². The number of hydrogen-bond donors (Lipinski definition) is 9. The molecular formula is C28H55N3O13. The van der Waals surface area contributed by atoms with Crippen LogP contribution in [0.2, 0.25) is 0 Å². The van der Waals surface area contributed by atoms with Gasteiger partial charge in [-0.25, -0.2) is 0 Å². The highest BCUT2D eigenvalue weighted by Crippen LogP contribution is 2.32. The monoisotopic (exact) mass is 641 g/mol. The predicted octanol–water partition coefficient (Wildman–Crippen LogP) is -3.13. The molecule has 2 saturated heterocycles. The highest BCUT2D eigenvalue weighted by molar-refractivity contribution is 5.73. The molecule has 0 aliphatic carbocycles. The zero-order chi connectivity index (χ0) is 33.5. The van der Waals surface area contributed by atoms with Crippen molar-refractivity contribution in [1.82, 2.24) is 5.32 Å². The second-order valence-electron chi connectivity index (χ2n) is 12.3. The molecule has 0 saturated carbocycles. The molecule has 2 aliphatic rings. The fourth-order valence-electron chi connectivity index (χ4n) is 5.40. The van der Waals surface area contributed by atoms with Crippen LogP contribution < -0.4 is 16.8 Å². The van der Waals surface area contributed by atoms with Gasteiger partial charge < -0.3 is 75.8 Å². The van der Waals surface area contributed by atoms with Gasteiger partial charge in [0.1, 0.15) is 42.7 Å². The maximum absolute atomic E-state index is 12.1. The maximum atomic E-state index is 12.1. The molecule has 0 radical (unpaired) electrons. The van der Waals surface area contributed by atoms with Crippen LogP contribution in [0, 0.1) is 11.8 Å². The molecule has 0 aromatic carbocycles. The number of carbonyl (C=O) groups excluding carboxylic acids is 1. The summed E-state index contributed by atoms with van der Waals surface area (Å²) in [6.07, 6.45) is -14.0. The molecule has 0 aromatic heterocycles. The molecule has 260 valence electrons. The minimum atomic E-state index is -1.58. The number of aliphatic hydroxyl groups excluding tert-OH is 6. The van der Waals surface area contributed by atoms with E-state index in [2.05, 4.69) is 5.32 Å². The van der Waals surface area contributed by atoms with Crippen molar-refractivity contribution in [1.29, 1.82) is 0 Å². The largest absolute Gasteiger partial charge is 0.396 e. The topological polar surface area (TPSA) is 258 Å². The van der Waals surface area contributed by atoms with Gasteiger partial charge in [-0.05, 0) is 33.6 Å². The van der Waals surface area contributed by atoms with Crippen LogP contribution in [0.1, 0.15) is 48.5 Å². The summed E-state index contributed by atoms with van der Waals surface area (Å²) in [5, 5.41) is 65.8. The molecule has 0 aromatic rings. The van der Waals surface area contributed by atoms with Gasteiger partial charge in [0.15, 0.2) is 18.9 Å². The fourth-order valence-corrected chi connectivity index (χ4v) is 5.40. The first-order valence-corrected chi connectivity index (χ1v) is 15.2. The van der Waals surface area contributed by atoms with Crippen LogP contribution in [0.5, 0.6) is 0 Å². The minimum Gasteiger partial charge on any atom is -0.396 e. The Morgan fingerprint density at radius 1 is 0.909 bits per heavy atom. The highest BCUT2D eigenvalue weighted by Gasteiger charge is 2.52. The van der Waals surface area contributed by atoms with E-state index in [0.717, 1.165) is 0 Å². The number of nitrogens with one attached hydrogen (secondary N) is 1. The second-order valence-corrected chi connectivity index (χ2v) is 12.3. The van der Waals surface area contributed by atoms with E-state index in [1.54, 1.807) is 20.8 Å². The molecule has 2 heterocycles. The van der Waals surface area contributed by atoms with E-state index >= 15 is 0 Å². The van der Waals surface area contributed by atoms with Crippen LogP contribution in [0.15, 0.2) is 0 Å². The summed E-state index contributed by atoms with van der Waals surface area (Å²) in [6.45, 7) is 10.00. The van der Waals surface area contributed by atoms with Gasteiger partial charge in [0.05, 0.1) is 43.6 Å². The summed E-state index contributed by atoms with van der Waals surface area (Å²) in [6, 6.07) is -3.13. The first kappa shape index (κ1) is 39.1. The van der Waals surface area contributed by atoms with E-state index in [4.69, 9.17) is 39.9 Å². The molecule has 16 heteroatoms. The maximum Gasteiger partial charge on any atom is 0.217 e. The first-order valence-electron chi connectivity index (χ1n) is 15.2. The number of hydrogen-bond acceptors (Lipinski definition) is 15.